The molecular weight excluding hydrogens is 412 g/mol. The van der Waals surface area contributed by atoms with Crippen LogP contribution < -0.4 is 27.8 Å². The Balaban J connectivity index is 2.90. The summed E-state index contributed by atoms with van der Waals surface area (Å²) in [6.45, 7) is 0.0876. The molecule has 1 heterocycles. The first-order valence-electron chi connectivity index (χ1n) is 10.1. The minimum atomic E-state index is -1.54. The standard InChI is InChI=1S/C18H32N6O7/c19-6-2-1-4-11(15(27)23-12(18(30)31)8-14(21)26)22-16(28)13-5-3-7-24(13)17(29)10(20)9-25/h10-13,25H,1-9,19-20H2,(H2,21,26)(H,22,28)(H,23,27)(H,30,31). The number of nitrogens with one attached hydrogen (secondary N) is 2. The van der Waals surface area contributed by atoms with Crippen molar-refractivity contribution in [2.45, 2.75) is 62.7 Å². The van der Waals surface area contributed by atoms with Crippen molar-refractivity contribution in [1.82, 2.24) is 15.5 Å². The average molecular weight is 444 g/mol. The van der Waals surface area contributed by atoms with Crippen LogP contribution in [0, 0.1) is 0 Å². The number of carbonyl (C=O) groups excluding carboxylic acids is 4. The van der Waals surface area contributed by atoms with Crippen LogP contribution >= 0.6 is 0 Å². The fourth-order valence-electron chi connectivity index (χ4n) is 3.30. The van der Waals surface area contributed by atoms with Gasteiger partial charge < -0.3 is 42.9 Å². The molecule has 1 saturated heterocycles. The van der Waals surface area contributed by atoms with E-state index in [0.717, 1.165) is 0 Å². The molecule has 0 aromatic rings. The Hall–Kier alpha value is -2.77. The Morgan fingerprint density at radius 1 is 1.10 bits per heavy atom. The maximum atomic E-state index is 12.8. The number of aliphatic carboxylic acids is 1. The highest BCUT2D eigenvalue weighted by Crippen LogP contribution is 2.19. The number of rotatable bonds is 13. The van der Waals surface area contributed by atoms with Crippen LogP contribution in [0.2, 0.25) is 0 Å². The van der Waals surface area contributed by atoms with Crippen molar-refractivity contribution < 1.29 is 34.2 Å². The molecule has 4 atom stereocenters. The van der Waals surface area contributed by atoms with E-state index in [1.54, 1.807) is 0 Å². The monoisotopic (exact) mass is 444 g/mol. The summed E-state index contributed by atoms with van der Waals surface area (Å²) < 4.78 is 0. The van der Waals surface area contributed by atoms with E-state index in [-0.39, 0.29) is 13.0 Å². The summed E-state index contributed by atoms with van der Waals surface area (Å²) >= 11 is 0. The van der Waals surface area contributed by atoms with Crippen LogP contribution in [0.4, 0.5) is 0 Å². The fourth-order valence-corrected chi connectivity index (χ4v) is 3.30. The van der Waals surface area contributed by atoms with E-state index in [1.807, 2.05) is 0 Å². The first-order chi connectivity index (χ1) is 14.6. The lowest BCUT2D eigenvalue weighted by atomic mass is 10.1. The lowest BCUT2D eigenvalue weighted by molar-refractivity contribution is -0.144. The van der Waals surface area contributed by atoms with Crippen LogP contribution in [0.3, 0.4) is 0 Å². The number of hydrogen-bond acceptors (Lipinski definition) is 8. The number of likely N-dealkylation sites (tertiary alicyclic amines) is 1. The Bertz CT molecular complexity index is 674. The zero-order valence-corrected chi connectivity index (χ0v) is 17.3. The highest BCUT2D eigenvalue weighted by atomic mass is 16.4. The number of nitrogens with zero attached hydrogens (tertiary/aromatic N) is 1. The number of aliphatic hydroxyl groups is 1. The largest absolute Gasteiger partial charge is 0.480 e. The summed E-state index contributed by atoms with van der Waals surface area (Å²) in [6, 6.07) is -4.65. The van der Waals surface area contributed by atoms with E-state index < -0.39 is 66.8 Å². The molecule has 13 nitrogen and oxygen atoms in total. The number of amides is 4. The van der Waals surface area contributed by atoms with Gasteiger partial charge in [-0.3, -0.25) is 19.2 Å². The summed E-state index contributed by atoms with van der Waals surface area (Å²) in [4.78, 5) is 61.4. The van der Waals surface area contributed by atoms with Gasteiger partial charge in [0.2, 0.25) is 23.6 Å². The van der Waals surface area contributed by atoms with E-state index >= 15 is 0 Å². The number of carboxylic acids is 1. The lowest BCUT2D eigenvalue weighted by Gasteiger charge is -2.28. The summed E-state index contributed by atoms with van der Waals surface area (Å²) in [6.07, 6.45) is 1.52. The van der Waals surface area contributed by atoms with Gasteiger partial charge in [-0.2, -0.15) is 0 Å². The number of aliphatic hydroxyl groups excluding tert-OH is 1. The van der Waals surface area contributed by atoms with Crippen molar-refractivity contribution in [3.63, 3.8) is 0 Å². The van der Waals surface area contributed by atoms with Crippen molar-refractivity contribution >= 4 is 29.6 Å². The molecule has 0 aromatic heterocycles. The van der Waals surface area contributed by atoms with Crippen molar-refractivity contribution in [2.24, 2.45) is 17.2 Å². The third kappa shape index (κ3) is 8.11. The zero-order valence-electron chi connectivity index (χ0n) is 17.3. The van der Waals surface area contributed by atoms with Gasteiger partial charge in [0.25, 0.3) is 0 Å². The molecule has 10 N–H and O–H groups in total. The van der Waals surface area contributed by atoms with Gasteiger partial charge >= 0.3 is 5.97 Å². The van der Waals surface area contributed by atoms with Crippen LogP contribution in [0.1, 0.15) is 38.5 Å². The molecule has 0 spiro atoms. The number of carbonyl (C=O) groups is 5. The zero-order chi connectivity index (χ0) is 23.6. The molecule has 0 bridgehead atoms. The van der Waals surface area contributed by atoms with Crippen LogP contribution in [-0.4, -0.2) is 88.6 Å². The molecule has 4 unspecified atom stereocenters. The lowest BCUT2D eigenvalue weighted by Crippen LogP contribution is -2.57. The third-order valence-electron chi connectivity index (χ3n) is 4.95. The van der Waals surface area contributed by atoms with Crippen molar-refractivity contribution in [3.8, 4) is 0 Å². The molecule has 4 amide bonds. The minimum Gasteiger partial charge on any atom is -0.480 e. The summed E-state index contributed by atoms with van der Waals surface area (Å²) in [5.74, 6) is -4.30. The Morgan fingerprint density at radius 2 is 1.77 bits per heavy atom. The maximum Gasteiger partial charge on any atom is 0.326 e. The molecule has 1 fully saturated rings. The SMILES string of the molecule is NCCCCC(NC(=O)C1CCCN1C(=O)C(N)CO)C(=O)NC(CC(N)=O)C(=O)O. The third-order valence-corrected chi connectivity index (χ3v) is 4.95. The second-order valence-corrected chi connectivity index (χ2v) is 7.39. The molecule has 1 aliphatic rings. The maximum absolute atomic E-state index is 12.8. The summed E-state index contributed by atoms with van der Waals surface area (Å²) in [5.41, 5.74) is 16.1. The number of hydrogen-bond donors (Lipinski definition) is 7. The first-order valence-corrected chi connectivity index (χ1v) is 10.1. The highest BCUT2D eigenvalue weighted by Gasteiger charge is 2.37. The minimum absolute atomic E-state index is 0.175. The molecule has 13 heteroatoms. The van der Waals surface area contributed by atoms with E-state index in [4.69, 9.17) is 22.3 Å². The predicted octanol–water partition coefficient (Wildman–Crippen LogP) is -3.64. The fraction of sp³-hybridized carbons (Fsp3) is 0.722. The van der Waals surface area contributed by atoms with Crippen LogP contribution in [0.15, 0.2) is 0 Å². The Labute approximate surface area is 179 Å². The van der Waals surface area contributed by atoms with E-state index in [1.165, 1.54) is 4.90 Å². The number of unbranched alkanes of at least 4 members (excludes halogenated alkanes) is 1. The summed E-state index contributed by atoms with van der Waals surface area (Å²) in [7, 11) is 0. The molecular formula is C18H32N6O7. The number of primary amides is 1. The molecule has 31 heavy (non-hydrogen) atoms. The molecule has 1 aliphatic heterocycles. The molecule has 0 aromatic carbocycles. The van der Waals surface area contributed by atoms with Gasteiger partial charge in [0.1, 0.15) is 24.2 Å². The first kappa shape index (κ1) is 26.3. The Kier molecular flexibility index (Phi) is 10.9. The van der Waals surface area contributed by atoms with Crippen LogP contribution in [-0.2, 0) is 24.0 Å². The van der Waals surface area contributed by atoms with Gasteiger partial charge in [0.05, 0.1) is 13.0 Å². The molecule has 176 valence electrons. The molecule has 0 aliphatic carbocycles. The quantitative estimate of drug-likeness (QED) is 0.139. The van der Waals surface area contributed by atoms with E-state index in [9.17, 15) is 29.1 Å². The topological polar surface area (TPSA) is 231 Å². The van der Waals surface area contributed by atoms with Crippen molar-refractivity contribution in [2.75, 3.05) is 19.7 Å². The number of nitrogens with two attached hydrogens (primary N) is 3. The van der Waals surface area contributed by atoms with Gasteiger partial charge in [-0.1, -0.05) is 0 Å². The second-order valence-electron chi connectivity index (χ2n) is 7.39. The van der Waals surface area contributed by atoms with Crippen molar-refractivity contribution in [3.05, 3.63) is 0 Å². The predicted molar refractivity (Wildman–Crippen MR) is 108 cm³/mol. The van der Waals surface area contributed by atoms with E-state index in [0.29, 0.717) is 32.2 Å². The van der Waals surface area contributed by atoms with Gasteiger partial charge in [-0.25, -0.2) is 4.79 Å². The highest BCUT2D eigenvalue weighted by molar-refractivity contribution is 5.95. The number of carboxylic acid groups (broad SMARTS) is 1. The van der Waals surface area contributed by atoms with Gasteiger partial charge in [0.15, 0.2) is 0 Å². The molecule has 0 radical (unpaired) electrons. The van der Waals surface area contributed by atoms with Crippen LogP contribution in [0.5, 0.6) is 0 Å². The van der Waals surface area contributed by atoms with Crippen LogP contribution in [0.25, 0.3) is 0 Å². The normalized spacial score (nSPS) is 18.7. The Morgan fingerprint density at radius 3 is 2.32 bits per heavy atom. The van der Waals surface area contributed by atoms with Gasteiger partial charge in [0, 0.05) is 6.54 Å². The summed E-state index contributed by atoms with van der Waals surface area (Å²) in [5, 5.41) is 23.1. The molecule has 0 saturated carbocycles. The smallest absolute Gasteiger partial charge is 0.326 e. The molecule has 1 rings (SSSR count). The van der Waals surface area contributed by atoms with Gasteiger partial charge in [-0.05, 0) is 38.6 Å². The van der Waals surface area contributed by atoms with E-state index in [2.05, 4.69) is 10.6 Å². The average Bonchev–Trinajstić information content (AvgIpc) is 3.20. The van der Waals surface area contributed by atoms with Gasteiger partial charge in [-0.15, -0.1) is 0 Å². The second kappa shape index (κ2) is 12.8. The van der Waals surface area contributed by atoms with Crippen molar-refractivity contribution in [1.29, 1.82) is 0 Å².